The van der Waals surface area contributed by atoms with Crippen LogP contribution in [0.4, 0.5) is 11.4 Å². The van der Waals surface area contributed by atoms with Gasteiger partial charge in [0, 0.05) is 29.0 Å². The number of carbonyl (C=O) groups excluding carboxylic acids is 1. The molecule has 4 heteroatoms. The Hall–Kier alpha value is -2.00. The molecule has 0 aliphatic carbocycles. The molecule has 2 rings (SSSR count). The number of aryl methyl sites for hydroxylation is 1. The molecule has 104 valence electrons. The van der Waals surface area contributed by atoms with Crippen molar-refractivity contribution in [1.82, 2.24) is 0 Å². The van der Waals surface area contributed by atoms with Gasteiger partial charge in [-0.15, -0.1) is 0 Å². The summed E-state index contributed by atoms with van der Waals surface area (Å²) in [5.41, 5.74) is 4.27. The van der Waals surface area contributed by atoms with E-state index >= 15 is 0 Å². The minimum absolute atomic E-state index is 0.138. The fourth-order valence-corrected chi connectivity index (χ4v) is 2.20. The number of anilines is 2. The minimum atomic E-state index is -0.138. The molecule has 0 saturated heterocycles. The van der Waals surface area contributed by atoms with Gasteiger partial charge < -0.3 is 10.6 Å². The fourth-order valence-electron chi connectivity index (χ4n) is 2.02. The SMILES string of the molecule is CNc1ccc(C(=O)Nc2cccc(Cl)c2C)cc1C. The standard InChI is InChI=1S/C16H17ClN2O/c1-10-9-12(7-8-14(10)18-3)16(20)19-15-6-4-5-13(17)11(15)2/h4-9,18H,1-3H3,(H,19,20). The Balaban J connectivity index is 2.24. The number of benzene rings is 2. The molecule has 0 radical (unpaired) electrons. The Kier molecular flexibility index (Phi) is 4.30. The highest BCUT2D eigenvalue weighted by Gasteiger charge is 2.10. The molecule has 2 aromatic rings. The van der Waals surface area contributed by atoms with Gasteiger partial charge in [0.15, 0.2) is 0 Å². The third kappa shape index (κ3) is 2.94. The summed E-state index contributed by atoms with van der Waals surface area (Å²) in [6.45, 7) is 3.85. The van der Waals surface area contributed by atoms with Crippen molar-refractivity contribution in [3.8, 4) is 0 Å². The van der Waals surface area contributed by atoms with Crippen molar-refractivity contribution in [1.29, 1.82) is 0 Å². The zero-order chi connectivity index (χ0) is 14.7. The molecule has 0 atom stereocenters. The normalized spacial score (nSPS) is 10.2. The van der Waals surface area contributed by atoms with E-state index in [0.29, 0.717) is 10.6 Å². The maximum Gasteiger partial charge on any atom is 0.255 e. The van der Waals surface area contributed by atoms with Crippen molar-refractivity contribution < 1.29 is 4.79 Å². The number of nitrogens with one attached hydrogen (secondary N) is 2. The second-order valence-electron chi connectivity index (χ2n) is 4.65. The summed E-state index contributed by atoms with van der Waals surface area (Å²) in [5, 5.41) is 6.61. The maximum atomic E-state index is 12.3. The number of amides is 1. The fraction of sp³-hybridized carbons (Fsp3) is 0.188. The van der Waals surface area contributed by atoms with Crippen molar-refractivity contribution in [2.75, 3.05) is 17.7 Å². The van der Waals surface area contributed by atoms with Crippen LogP contribution in [0.1, 0.15) is 21.5 Å². The summed E-state index contributed by atoms with van der Waals surface area (Å²) in [6.07, 6.45) is 0. The smallest absolute Gasteiger partial charge is 0.255 e. The Labute approximate surface area is 124 Å². The number of hydrogen-bond acceptors (Lipinski definition) is 2. The molecule has 0 spiro atoms. The molecule has 20 heavy (non-hydrogen) atoms. The Bertz CT molecular complexity index is 653. The number of halogens is 1. The number of hydrogen-bond donors (Lipinski definition) is 2. The van der Waals surface area contributed by atoms with Gasteiger partial charge in [-0.25, -0.2) is 0 Å². The number of carbonyl (C=O) groups is 1. The van der Waals surface area contributed by atoms with E-state index in [2.05, 4.69) is 10.6 Å². The Morgan fingerprint density at radius 3 is 2.50 bits per heavy atom. The summed E-state index contributed by atoms with van der Waals surface area (Å²) in [4.78, 5) is 12.3. The van der Waals surface area contributed by atoms with Crippen LogP contribution in [0.25, 0.3) is 0 Å². The summed E-state index contributed by atoms with van der Waals surface area (Å²) in [7, 11) is 1.86. The molecular formula is C16H17ClN2O. The topological polar surface area (TPSA) is 41.1 Å². The van der Waals surface area contributed by atoms with Crippen LogP contribution < -0.4 is 10.6 Å². The maximum absolute atomic E-state index is 12.3. The van der Waals surface area contributed by atoms with Gasteiger partial charge in [0.25, 0.3) is 5.91 Å². The van der Waals surface area contributed by atoms with Crippen LogP contribution in [0.3, 0.4) is 0 Å². The van der Waals surface area contributed by atoms with Crippen LogP contribution in [0, 0.1) is 13.8 Å². The second-order valence-corrected chi connectivity index (χ2v) is 5.05. The first-order valence-electron chi connectivity index (χ1n) is 6.38. The highest BCUT2D eigenvalue weighted by atomic mass is 35.5. The van der Waals surface area contributed by atoms with E-state index in [-0.39, 0.29) is 5.91 Å². The van der Waals surface area contributed by atoms with Gasteiger partial charge in [-0.3, -0.25) is 4.79 Å². The molecule has 0 heterocycles. The third-order valence-electron chi connectivity index (χ3n) is 3.27. The molecule has 2 aromatic carbocycles. The van der Waals surface area contributed by atoms with Crippen LogP contribution in [0.15, 0.2) is 36.4 Å². The van der Waals surface area contributed by atoms with Crippen LogP contribution in [-0.2, 0) is 0 Å². The number of rotatable bonds is 3. The quantitative estimate of drug-likeness (QED) is 0.886. The highest BCUT2D eigenvalue weighted by molar-refractivity contribution is 6.31. The van der Waals surface area contributed by atoms with Crippen LogP contribution in [0.5, 0.6) is 0 Å². The molecular weight excluding hydrogens is 272 g/mol. The van der Waals surface area contributed by atoms with Gasteiger partial charge in [-0.05, 0) is 55.3 Å². The average Bonchev–Trinajstić information content (AvgIpc) is 2.43. The van der Waals surface area contributed by atoms with Crippen molar-refractivity contribution in [2.24, 2.45) is 0 Å². The van der Waals surface area contributed by atoms with Gasteiger partial charge >= 0.3 is 0 Å². The van der Waals surface area contributed by atoms with Crippen molar-refractivity contribution in [2.45, 2.75) is 13.8 Å². The van der Waals surface area contributed by atoms with Crippen molar-refractivity contribution in [3.05, 3.63) is 58.1 Å². The molecule has 0 bridgehead atoms. The van der Waals surface area contributed by atoms with Crippen LogP contribution >= 0.6 is 11.6 Å². The van der Waals surface area contributed by atoms with Crippen molar-refractivity contribution >= 4 is 28.9 Å². The van der Waals surface area contributed by atoms with E-state index in [1.807, 2.05) is 45.2 Å². The summed E-state index contributed by atoms with van der Waals surface area (Å²) >= 11 is 6.05. The summed E-state index contributed by atoms with van der Waals surface area (Å²) < 4.78 is 0. The van der Waals surface area contributed by atoms with Gasteiger partial charge in [-0.1, -0.05) is 17.7 Å². The average molecular weight is 289 g/mol. The molecule has 0 fully saturated rings. The van der Waals surface area contributed by atoms with Gasteiger partial charge in [0.2, 0.25) is 0 Å². The first-order valence-corrected chi connectivity index (χ1v) is 6.75. The molecule has 2 N–H and O–H groups in total. The predicted octanol–water partition coefficient (Wildman–Crippen LogP) is 4.25. The van der Waals surface area contributed by atoms with Gasteiger partial charge in [-0.2, -0.15) is 0 Å². The third-order valence-corrected chi connectivity index (χ3v) is 3.68. The largest absolute Gasteiger partial charge is 0.388 e. The van der Waals surface area contributed by atoms with Crippen molar-refractivity contribution in [3.63, 3.8) is 0 Å². The molecule has 1 amide bonds. The van der Waals surface area contributed by atoms with E-state index < -0.39 is 0 Å². The Morgan fingerprint density at radius 1 is 1.10 bits per heavy atom. The van der Waals surface area contributed by atoms with E-state index in [9.17, 15) is 4.79 Å². The van der Waals surface area contributed by atoms with E-state index in [0.717, 1.165) is 22.5 Å². The van der Waals surface area contributed by atoms with E-state index in [1.54, 1.807) is 12.1 Å². The second kappa shape index (κ2) is 5.97. The van der Waals surface area contributed by atoms with Crippen LogP contribution in [0.2, 0.25) is 5.02 Å². The first kappa shape index (κ1) is 14.4. The molecule has 0 saturated carbocycles. The molecule has 3 nitrogen and oxygen atoms in total. The van der Waals surface area contributed by atoms with Crippen LogP contribution in [-0.4, -0.2) is 13.0 Å². The summed E-state index contributed by atoms with van der Waals surface area (Å²) in [6, 6.07) is 11.0. The summed E-state index contributed by atoms with van der Waals surface area (Å²) in [5.74, 6) is -0.138. The van der Waals surface area contributed by atoms with Gasteiger partial charge in [0.1, 0.15) is 0 Å². The minimum Gasteiger partial charge on any atom is -0.388 e. The Morgan fingerprint density at radius 2 is 1.85 bits per heavy atom. The highest BCUT2D eigenvalue weighted by Crippen LogP contribution is 2.24. The monoisotopic (exact) mass is 288 g/mol. The molecule has 0 unspecified atom stereocenters. The predicted molar refractivity (Wildman–Crippen MR) is 84.9 cm³/mol. The van der Waals surface area contributed by atoms with Gasteiger partial charge in [0.05, 0.1) is 0 Å². The molecule has 0 aliphatic heterocycles. The lowest BCUT2D eigenvalue weighted by atomic mass is 10.1. The van der Waals surface area contributed by atoms with E-state index in [1.165, 1.54) is 0 Å². The lowest BCUT2D eigenvalue weighted by molar-refractivity contribution is 0.102. The lowest BCUT2D eigenvalue weighted by Gasteiger charge is -2.11. The molecule has 0 aliphatic rings. The zero-order valence-electron chi connectivity index (χ0n) is 11.8. The lowest BCUT2D eigenvalue weighted by Crippen LogP contribution is -2.13. The zero-order valence-corrected chi connectivity index (χ0v) is 12.5. The molecule has 0 aromatic heterocycles. The first-order chi connectivity index (χ1) is 9.52. The van der Waals surface area contributed by atoms with E-state index in [4.69, 9.17) is 11.6 Å².